The third-order valence-electron chi connectivity index (χ3n) is 7.47. The summed E-state index contributed by atoms with van der Waals surface area (Å²) < 4.78 is 12.0. The molecule has 4 heterocycles. The second kappa shape index (κ2) is 9.45. The normalized spacial score (nSPS) is 16.4. The number of benzene rings is 1. The van der Waals surface area contributed by atoms with E-state index < -0.39 is 0 Å². The van der Waals surface area contributed by atoms with E-state index >= 15 is 0 Å². The number of hydrogen-bond acceptors (Lipinski definition) is 8. The summed E-state index contributed by atoms with van der Waals surface area (Å²) in [5.41, 5.74) is 3.28. The standard InChI is InChI=1S/C26H31N7O4/c1-36-22-14-21(29-26(30-22)37-2)32-11-9-15(10-12-32)3-7-18-23(16-4-5-16)31-33(24(18)35)25-27-19-8-6-17(34)13-20(19)28-25/h6,8,13-16,31,34H,3-5,7,9-12H2,1-2H3,(H,27,28). The van der Waals surface area contributed by atoms with E-state index in [1.54, 1.807) is 32.4 Å². The Labute approximate surface area is 213 Å². The van der Waals surface area contributed by atoms with E-state index in [-0.39, 0.29) is 11.3 Å². The lowest BCUT2D eigenvalue weighted by molar-refractivity contribution is 0.348. The molecule has 6 rings (SSSR count). The summed E-state index contributed by atoms with van der Waals surface area (Å²) in [6.07, 6.45) is 5.97. The lowest BCUT2D eigenvalue weighted by Crippen LogP contribution is -2.34. The SMILES string of the molecule is COc1cc(N2CCC(CCc3c(C4CC4)[nH]n(-c4nc5ccc(O)cc5[nH]4)c3=O)CC2)nc(OC)n1. The summed E-state index contributed by atoms with van der Waals surface area (Å²) in [7, 11) is 3.14. The van der Waals surface area contributed by atoms with Crippen molar-refractivity contribution < 1.29 is 14.6 Å². The molecule has 194 valence electrons. The highest BCUT2D eigenvalue weighted by Crippen LogP contribution is 2.41. The maximum absolute atomic E-state index is 13.5. The predicted molar refractivity (Wildman–Crippen MR) is 138 cm³/mol. The lowest BCUT2D eigenvalue weighted by atomic mass is 9.90. The van der Waals surface area contributed by atoms with Gasteiger partial charge in [0.25, 0.3) is 5.56 Å². The van der Waals surface area contributed by atoms with Crippen LogP contribution < -0.4 is 19.9 Å². The third-order valence-corrected chi connectivity index (χ3v) is 7.47. The predicted octanol–water partition coefficient (Wildman–Crippen LogP) is 3.28. The number of rotatable bonds is 8. The molecular weight excluding hydrogens is 474 g/mol. The lowest BCUT2D eigenvalue weighted by Gasteiger charge is -2.32. The highest BCUT2D eigenvalue weighted by Gasteiger charge is 2.31. The molecule has 2 fully saturated rings. The molecule has 1 saturated heterocycles. The number of imidazole rings is 1. The van der Waals surface area contributed by atoms with Crippen molar-refractivity contribution in [1.82, 2.24) is 29.7 Å². The number of aromatic amines is 2. The second-order valence-corrected chi connectivity index (χ2v) is 9.91. The third kappa shape index (κ3) is 4.61. The highest BCUT2D eigenvalue weighted by atomic mass is 16.5. The average molecular weight is 506 g/mol. The molecule has 0 amide bonds. The topological polar surface area (TPSA) is 134 Å². The van der Waals surface area contributed by atoms with Gasteiger partial charge in [-0.05, 0) is 56.6 Å². The maximum Gasteiger partial charge on any atom is 0.321 e. The van der Waals surface area contributed by atoms with Gasteiger partial charge in [-0.2, -0.15) is 14.6 Å². The van der Waals surface area contributed by atoms with Crippen LogP contribution in [0.15, 0.2) is 29.1 Å². The number of aromatic hydroxyl groups is 1. The molecule has 11 heteroatoms. The van der Waals surface area contributed by atoms with E-state index in [2.05, 4.69) is 29.9 Å². The number of nitrogens with zero attached hydrogens (tertiary/aromatic N) is 5. The number of methoxy groups -OCH3 is 2. The first-order chi connectivity index (χ1) is 18.0. The molecule has 37 heavy (non-hydrogen) atoms. The highest BCUT2D eigenvalue weighted by molar-refractivity contribution is 5.77. The van der Waals surface area contributed by atoms with Gasteiger partial charge in [0, 0.05) is 42.4 Å². The number of piperidine rings is 1. The number of ether oxygens (including phenoxy) is 2. The number of aromatic nitrogens is 6. The van der Waals surface area contributed by atoms with Gasteiger partial charge in [-0.3, -0.25) is 9.89 Å². The molecule has 1 aliphatic carbocycles. The smallest absolute Gasteiger partial charge is 0.321 e. The molecule has 4 aromatic rings. The molecule has 2 aliphatic rings. The zero-order chi connectivity index (χ0) is 25.5. The van der Waals surface area contributed by atoms with Crippen molar-refractivity contribution >= 4 is 16.9 Å². The summed E-state index contributed by atoms with van der Waals surface area (Å²) in [6.45, 7) is 1.76. The summed E-state index contributed by atoms with van der Waals surface area (Å²) in [5, 5.41) is 13.1. The average Bonchev–Trinajstić information content (AvgIpc) is 3.60. The number of H-pyrrole nitrogens is 2. The van der Waals surface area contributed by atoms with Crippen molar-refractivity contribution in [3.05, 3.63) is 45.9 Å². The van der Waals surface area contributed by atoms with E-state index in [4.69, 9.17) is 9.47 Å². The quantitative estimate of drug-likeness (QED) is 0.332. The van der Waals surface area contributed by atoms with Gasteiger partial charge in [0.05, 0.1) is 25.3 Å². The molecule has 1 aliphatic heterocycles. The molecule has 0 spiro atoms. The van der Waals surface area contributed by atoms with Gasteiger partial charge < -0.3 is 24.5 Å². The van der Waals surface area contributed by atoms with Crippen LogP contribution in [-0.2, 0) is 6.42 Å². The number of anilines is 1. The number of phenols is 1. The van der Waals surface area contributed by atoms with Gasteiger partial charge in [-0.25, -0.2) is 4.98 Å². The van der Waals surface area contributed by atoms with Crippen LogP contribution in [0.1, 0.15) is 49.3 Å². The van der Waals surface area contributed by atoms with Gasteiger partial charge in [0.2, 0.25) is 11.8 Å². The Morgan fingerprint density at radius 3 is 2.59 bits per heavy atom. The number of fused-ring (bicyclic) bond motifs is 1. The van der Waals surface area contributed by atoms with Gasteiger partial charge in [0.1, 0.15) is 11.6 Å². The molecule has 3 N–H and O–H groups in total. The first kappa shape index (κ1) is 23.4. The first-order valence-corrected chi connectivity index (χ1v) is 12.8. The van der Waals surface area contributed by atoms with Crippen LogP contribution in [0.2, 0.25) is 0 Å². The van der Waals surface area contributed by atoms with Gasteiger partial charge in [-0.15, -0.1) is 0 Å². The molecule has 1 saturated carbocycles. The van der Waals surface area contributed by atoms with Crippen LogP contribution in [0, 0.1) is 5.92 Å². The molecule has 1 aromatic carbocycles. The van der Waals surface area contributed by atoms with Crippen LogP contribution in [0.4, 0.5) is 5.82 Å². The van der Waals surface area contributed by atoms with Crippen molar-refractivity contribution in [2.45, 2.75) is 44.4 Å². The molecule has 0 atom stereocenters. The molecule has 0 unspecified atom stereocenters. The van der Waals surface area contributed by atoms with Crippen molar-refractivity contribution in [2.24, 2.45) is 5.92 Å². The molecule has 0 radical (unpaired) electrons. The zero-order valence-corrected chi connectivity index (χ0v) is 21.0. The minimum absolute atomic E-state index is 0.0391. The summed E-state index contributed by atoms with van der Waals surface area (Å²) >= 11 is 0. The molecule has 0 bridgehead atoms. The van der Waals surface area contributed by atoms with Crippen LogP contribution in [0.5, 0.6) is 17.6 Å². The molecular formula is C26H31N7O4. The Hall–Kier alpha value is -4.02. The Kier molecular flexibility index (Phi) is 5.97. The van der Waals surface area contributed by atoms with Crippen LogP contribution in [-0.4, -0.2) is 62.1 Å². The van der Waals surface area contributed by atoms with Crippen LogP contribution in [0.3, 0.4) is 0 Å². The zero-order valence-electron chi connectivity index (χ0n) is 21.0. The maximum atomic E-state index is 13.5. The van der Waals surface area contributed by atoms with Crippen molar-refractivity contribution in [3.8, 4) is 23.6 Å². The summed E-state index contributed by atoms with van der Waals surface area (Å²) in [5.74, 6) is 2.85. The largest absolute Gasteiger partial charge is 0.508 e. The Morgan fingerprint density at radius 2 is 1.86 bits per heavy atom. The summed E-state index contributed by atoms with van der Waals surface area (Å²) in [6, 6.07) is 7.08. The minimum atomic E-state index is -0.0391. The van der Waals surface area contributed by atoms with Gasteiger partial charge in [0.15, 0.2) is 0 Å². The minimum Gasteiger partial charge on any atom is -0.508 e. The monoisotopic (exact) mass is 505 g/mol. The summed E-state index contributed by atoms with van der Waals surface area (Å²) in [4.78, 5) is 32.1. The Morgan fingerprint density at radius 1 is 1.05 bits per heavy atom. The number of hydrogen-bond donors (Lipinski definition) is 3. The van der Waals surface area contributed by atoms with E-state index in [0.29, 0.717) is 40.7 Å². The van der Waals surface area contributed by atoms with Crippen molar-refractivity contribution in [1.29, 1.82) is 0 Å². The van der Waals surface area contributed by atoms with E-state index in [1.165, 1.54) is 4.68 Å². The first-order valence-electron chi connectivity index (χ1n) is 12.8. The van der Waals surface area contributed by atoms with Crippen molar-refractivity contribution in [2.75, 3.05) is 32.2 Å². The fourth-order valence-electron chi connectivity index (χ4n) is 5.23. The second-order valence-electron chi connectivity index (χ2n) is 9.91. The van der Waals surface area contributed by atoms with E-state index in [9.17, 15) is 9.90 Å². The Bertz CT molecular complexity index is 1460. The van der Waals surface area contributed by atoms with Crippen LogP contribution in [0.25, 0.3) is 17.0 Å². The fraction of sp³-hybridized carbons (Fsp3) is 0.462. The van der Waals surface area contributed by atoms with E-state index in [1.807, 2.05) is 6.07 Å². The van der Waals surface area contributed by atoms with Crippen LogP contribution >= 0.6 is 0 Å². The van der Waals surface area contributed by atoms with Crippen molar-refractivity contribution in [3.63, 3.8) is 0 Å². The number of phenolic OH excluding ortho intramolecular Hbond substituents is 1. The van der Waals surface area contributed by atoms with Gasteiger partial charge >= 0.3 is 6.01 Å². The Balaban J connectivity index is 1.16. The fourth-order valence-corrected chi connectivity index (χ4v) is 5.23. The molecule has 11 nitrogen and oxygen atoms in total. The number of nitrogens with one attached hydrogen (secondary N) is 2. The van der Waals surface area contributed by atoms with E-state index in [0.717, 1.165) is 68.7 Å². The molecule has 3 aromatic heterocycles. The van der Waals surface area contributed by atoms with Gasteiger partial charge in [-0.1, -0.05) is 0 Å².